The third-order valence-electron chi connectivity index (χ3n) is 2.88. The van der Waals surface area contributed by atoms with E-state index in [1.807, 2.05) is 0 Å². The van der Waals surface area contributed by atoms with Gasteiger partial charge in [0.1, 0.15) is 0 Å². The Morgan fingerprint density at radius 1 is 1.40 bits per heavy atom. The molecule has 20 heavy (non-hydrogen) atoms. The highest BCUT2D eigenvalue weighted by Crippen LogP contribution is 2.22. The maximum Gasteiger partial charge on any atom is 0.250 e. The molecular formula is C12H13BrClNO4S. The molecule has 0 N–H and O–H groups in total. The van der Waals surface area contributed by atoms with E-state index in [0.29, 0.717) is 10.6 Å². The van der Waals surface area contributed by atoms with Gasteiger partial charge in [-0.05, 0) is 17.7 Å². The van der Waals surface area contributed by atoms with Crippen molar-refractivity contribution < 1.29 is 18.0 Å². The summed E-state index contributed by atoms with van der Waals surface area (Å²) in [5.74, 6) is -0.436. The zero-order valence-corrected chi connectivity index (χ0v) is 13.7. The molecule has 1 saturated heterocycles. The van der Waals surface area contributed by atoms with Crippen LogP contribution in [-0.4, -0.2) is 44.0 Å². The Kier molecular flexibility index (Phi) is 5.06. The fourth-order valence-corrected chi connectivity index (χ4v) is 3.49. The molecule has 0 unspecified atom stereocenters. The average Bonchev–Trinajstić information content (AvgIpc) is 2.54. The highest BCUT2D eigenvalue weighted by Gasteiger charge is 2.24. The van der Waals surface area contributed by atoms with E-state index in [-0.39, 0.29) is 37.0 Å². The second kappa shape index (κ2) is 6.43. The fourth-order valence-electron chi connectivity index (χ4n) is 1.78. The van der Waals surface area contributed by atoms with Gasteiger partial charge >= 0.3 is 0 Å². The van der Waals surface area contributed by atoms with Crippen LogP contribution in [0.3, 0.4) is 0 Å². The predicted octanol–water partition coefficient (Wildman–Crippen LogP) is 1.83. The molecule has 2 rings (SSSR count). The number of rotatable bonds is 2. The molecule has 1 aliphatic rings. The van der Waals surface area contributed by atoms with Crippen LogP contribution in [0.15, 0.2) is 22.7 Å². The molecule has 0 aliphatic carbocycles. The van der Waals surface area contributed by atoms with Crippen molar-refractivity contribution in [3.63, 3.8) is 0 Å². The molecule has 0 saturated carbocycles. The second-order valence-electron chi connectivity index (χ2n) is 4.39. The molecule has 0 bridgehead atoms. The minimum Gasteiger partial charge on any atom is -0.272 e. The first kappa shape index (κ1) is 15.8. The molecule has 1 aromatic rings. The lowest BCUT2D eigenvalue weighted by molar-refractivity contribution is -0.181. The van der Waals surface area contributed by atoms with E-state index in [2.05, 4.69) is 15.9 Å². The van der Waals surface area contributed by atoms with Gasteiger partial charge in [0.15, 0.2) is 9.84 Å². The van der Waals surface area contributed by atoms with Crippen molar-refractivity contribution in [1.82, 2.24) is 5.06 Å². The van der Waals surface area contributed by atoms with Gasteiger partial charge in [0.05, 0.1) is 31.1 Å². The number of benzene rings is 1. The number of hydrogen-bond donors (Lipinski definition) is 0. The van der Waals surface area contributed by atoms with Crippen molar-refractivity contribution in [1.29, 1.82) is 0 Å². The molecule has 0 radical (unpaired) electrons. The molecule has 1 fully saturated rings. The van der Waals surface area contributed by atoms with Crippen molar-refractivity contribution in [3.05, 3.63) is 33.3 Å². The molecule has 8 heteroatoms. The molecule has 0 spiro atoms. The van der Waals surface area contributed by atoms with E-state index in [1.165, 1.54) is 0 Å². The number of carbonyl (C=O) groups is 1. The Morgan fingerprint density at radius 3 is 2.85 bits per heavy atom. The van der Waals surface area contributed by atoms with Crippen molar-refractivity contribution in [2.45, 2.75) is 6.42 Å². The van der Waals surface area contributed by atoms with Gasteiger partial charge in [-0.1, -0.05) is 33.6 Å². The molecule has 0 atom stereocenters. The van der Waals surface area contributed by atoms with Crippen molar-refractivity contribution in [2.75, 3.05) is 24.7 Å². The van der Waals surface area contributed by atoms with Gasteiger partial charge in [0, 0.05) is 9.50 Å². The second-order valence-corrected chi connectivity index (χ2v) is 8.02. The van der Waals surface area contributed by atoms with Crippen molar-refractivity contribution >= 4 is 43.3 Å². The summed E-state index contributed by atoms with van der Waals surface area (Å²) in [4.78, 5) is 17.3. The van der Waals surface area contributed by atoms with Crippen LogP contribution in [0.25, 0.3) is 0 Å². The van der Waals surface area contributed by atoms with Gasteiger partial charge in [0.2, 0.25) is 0 Å². The van der Waals surface area contributed by atoms with Crippen LogP contribution < -0.4 is 0 Å². The number of carbonyl (C=O) groups excluding carboxylic acids is 1. The predicted molar refractivity (Wildman–Crippen MR) is 79.2 cm³/mol. The summed E-state index contributed by atoms with van der Waals surface area (Å²) in [6, 6.07) is 5.25. The van der Waals surface area contributed by atoms with E-state index in [1.54, 1.807) is 18.2 Å². The molecule has 0 aromatic heterocycles. The minimum absolute atomic E-state index is 0.00213. The summed E-state index contributed by atoms with van der Waals surface area (Å²) >= 11 is 9.34. The standard InChI is InChI=1S/C12H13BrClNO4S/c13-10-2-1-9(11(14)8-10)7-12(16)15-3-5-20(17,18)6-4-19-15/h1-2,8H,3-7H2. The van der Waals surface area contributed by atoms with E-state index in [9.17, 15) is 13.2 Å². The highest BCUT2D eigenvalue weighted by molar-refractivity contribution is 9.10. The average molecular weight is 383 g/mol. The number of sulfone groups is 1. The number of hydroxylamine groups is 2. The topological polar surface area (TPSA) is 63.7 Å². The quantitative estimate of drug-likeness (QED) is 0.783. The monoisotopic (exact) mass is 381 g/mol. The van der Waals surface area contributed by atoms with Crippen LogP contribution in [0.1, 0.15) is 5.56 Å². The van der Waals surface area contributed by atoms with Crippen molar-refractivity contribution in [3.8, 4) is 0 Å². The lowest BCUT2D eigenvalue weighted by Crippen LogP contribution is -2.34. The van der Waals surface area contributed by atoms with Crippen LogP contribution in [0.4, 0.5) is 0 Å². The van der Waals surface area contributed by atoms with Gasteiger partial charge in [0.25, 0.3) is 5.91 Å². The molecule has 1 heterocycles. The largest absolute Gasteiger partial charge is 0.272 e. The van der Waals surface area contributed by atoms with Gasteiger partial charge in [-0.2, -0.15) is 0 Å². The molecule has 1 amide bonds. The lowest BCUT2D eigenvalue weighted by atomic mass is 10.1. The number of halogens is 2. The summed E-state index contributed by atoms with van der Waals surface area (Å²) in [5, 5.41) is 1.60. The maximum absolute atomic E-state index is 12.1. The normalized spacial score (nSPS) is 18.6. The molecule has 110 valence electrons. The van der Waals surface area contributed by atoms with Crippen molar-refractivity contribution in [2.24, 2.45) is 0 Å². The first-order valence-electron chi connectivity index (χ1n) is 5.95. The van der Waals surface area contributed by atoms with Crippen LogP contribution in [-0.2, 0) is 25.9 Å². The van der Waals surface area contributed by atoms with Gasteiger partial charge < -0.3 is 0 Å². The van der Waals surface area contributed by atoms with Crippen LogP contribution in [0.5, 0.6) is 0 Å². The molecular weight excluding hydrogens is 370 g/mol. The Hall–Kier alpha value is -0.630. The maximum atomic E-state index is 12.1. The summed E-state index contributed by atoms with van der Waals surface area (Å²) in [6.07, 6.45) is 0.0756. The SMILES string of the molecule is O=C(Cc1ccc(Br)cc1Cl)N1CCS(=O)(=O)CCO1. The zero-order chi connectivity index (χ0) is 14.8. The van der Waals surface area contributed by atoms with Gasteiger partial charge in [-0.3, -0.25) is 9.63 Å². The molecule has 1 aliphatic heterocycles. The van der Waals surface area contributed by atoms with Crippen LogP contribution >= 0.6 is 27.5 Å². The third-order valence-corrected chi connectivity index (χ3v) is 5.32. The smallest absolute Gasteiger partial charge is 0.250 e. The summed E-state index contributed by atoms with van der Waals surface area (Å²) < 4.78 is 23.7. The zero-order valence-electron chi connectivity index (χ0n) is 10.5. The first-order chi connectivity index (χ1) is 9.37. The minimum atomic E-state index is -3.12. The number of amides is 1. The Labute approximate surface area is 130 Å². The number of hydrogen-bond acceptors (Lipinski definition) is 4. The Bertz CT molecular complexity index is 620. The van der Waals surface area contributed by atoms with E-state index >= 15 is 0 Å². The Balaban J connectivity index is 2.04. The van der Waals surface area contributed by atoms with E-state index in [4.69, 9.17) is 16.4 Å². The summed E-state index contributed by atoms with van der Waals surface area (Å²) in [6.45, 7) is 0.0530. The Morgan fingerprint density at radius 2 is 2.15 bits per heavy atom. The summed E-state index contributed by atoms with van der Waals surface area (Å²) in [5.41, 5.74) is 0.676. The number of nitrogens with zero attached hydrogens (tertiary/aromatic N) is 1. The van der Waals surface area contributed by atoms with E-state index in [0.717, 1.165) is 9.54 Å². The third kappa shape index (κ3) is 4.18. The molecule has 1 aromatic carbocycles. The first-order valence-corrected chi connectivity index (χ1v) is 8.94. The van der Waals surface area contributed by atoms with Crippen LogP contribution in [0.2, 0.25) is 5.02 Å². The molecule has 5 nitrogen and oxygen atoms in total. The van der Waals surface area contributed by atoms with Gasteiger partial charge in [-0.15, -0.1) is 0 Å². The lowest BCUT2D eigenvalue weighted by Gasteiger charge is -2.19. The summed E-state index contributed by atoms with van der Waals surface area (Å²) in [7, 11) is -3.12. The van der Waals surface area contributed by atoms with E-state index < -0.39 is 9.84 Å². The van der Waals surface area contributed by atoms with Crippen LogP contribution in [0, 0.1) is 0 Å². The highest BCUT2D eigenvalue weighted by atomic mass is 79.9. The van der Waals surface area contributed by atoms with Gasteiger partial charge in [-0.25, -0.2) is 13.5 Å². The fraction of sp³-hybridized carbons (Fsp3) is 0.417.